The van der Waals surface area contributed by atoms with Gasteiger partial charge in [0.2, 0.25) is 0 Å². The molecule has 6 heteroatoms. The van der Waals surface area contributed by atoms with Gasteiger partial charge in [0.25, 0.3) is 0 Å². The van der Waals surface area contributed by atoms with E-state index < -0.39 is 11.9 Å². The fourth-order valence-corrected chi connectivity index (χ4v) is 3.99. The van der Waals surface area contributed by atoms with Crippen LogP contribution in [0, 0.1) is 0 Å². The number of halogens is 3. The molecule has 28 heavy (non-hydrogen) atoms. The van der Waals surface area contributed by atoms with Crippen LogP contribution < -0.4 is 5.32 Å². The van der Waals surface area contributed by atoms with Crippen LogP contribution in [0.3, 0.4) is 0 Å². The summed E-state index contributed by atoms with van der Waals surface area (Å²) in [5, 5.41) is 4.75. The minimum atomic E-state index is -4.39. The van der Waals surface area contributed by atoms with Crippen molar-refractivity contribution in [2.45, 2.75) is 51.9 Å². The van der Waals surface area contributed by atoms with Crippen LogP contribution in [-0.2, 0) is 32.1 Å². The van der Waals surface area contributed by atoms with Crippen molar-refractivity contribution in [3.8, 4) is 0 Å². The minimum Gasteiger partial charge on any atom is -0.344 e. The summed E-state index contributed by atoms with van der Waals surface area (Å²) in [6.45, 7) is 6.94. The minimum absolute atomic E-state index is 0.471. The van der Waals surface area contributed by atoms with Gasteiger partial charge in [-0.3, -0.25) is 4.98 Å². The second-order valence-electron chi connectivity index (χ2n) is 7.73. The van der Waals surface area contributed by atoms with Gasteiger partial charge in [0.05, 0.1) is 0 Å². The molecule has 1 N–H and O–H groups in total. The number of alkyl halides is 3. The van der Waals surface area contributed by atoms with E-state index in [9.17, 15) is 13.2 Å². The Hall–Kier alpha value is -2.34. The van der Waals surface area contributed by atoms with Crippen molar-refractivity contribution >= 4 is 10.9 Å². The van der Waals surface area contributed by atoms with Crippen LogP contribution in [0.2, 0.25) is 0 Å². The van der Waals surface area contributed by atoms with Gasteiger partial charge < -0.3 is 9.88 Å². The van der Waals surface area contributed by atoms with E-state index in [1.54, 1.807) is 0 Å². The molecule has 2 aromatic heterocycles. The summed E-state index contributed by atoms with van der Waals surface area (Å²) in [4.78, 5) is 3.59. The zero-order valence-electron chi connectivity index (χ0n) is 16.1. The monoisotopic (exact) mass is 387 g/mol. The molecule has 0 radical (unpaired) electrons. The fraction of sp³-hybridized carbons (Fsp3) is 0.409. The van der Waals surface area contributed by atoms with Crippen molar-refractivity contribution < 1.29 is 13.2 Å². The first kappa shape index (κ1) is 19.0. The van der Waals surface area contributed by atoms with Crippen LogP contribution in [-0.4, -0.2) is 16.1 Å². The predicted molar refractivity (Wildman–Crippen MR) is 104 cm³/mol. The van der Waals surface area contributed by atoms with E-state index in [0.29, 0.717) is 12.3 Å². The number of aromatic nitrogens is 2. The molecule has 4 rings (SSSR count). The van der Waals surface area contributed by atoms with Crippen LogP contribution >= 0.6 is 0 Å². The van der Waals surface area contributed by atoms with E-state index in [2.05, 4.69) is 46.9 Å². The highest BCUT2D eigenvalue weighted by Gasteiger charge is 2.32. The Morgan fingerprint density at radius 2 is 2.00 bits per heavy atom. The molecule has 0 unspecified atom stereocenters. The molecule has 0 saturated heterocycles. The topological polar surface area (TPSA) is 29.9 Å². The molecular formula is C22H24F3N3. The van der Waals surface area contributed by atoms with Crippen molar-refractivity contribution in [3.63, 3.8) is 0 Å². The standard InChI is InChI=1S/C22H24F3N3/c1-14(2)16-4-5-19-17(11-16)18-13-26-9-7-20(18)28(19)10-8-15-3-6-21(27-12-15)22(23,24)25/h3-6,11-12,14,26H,7-10,13H2,1-2H3. The van der Waals surface area contributed by atoms with Gasteiger partial charge in [-0.1, -0.05) is 26.0 Å². The number of hydrogen-bond donors (Lipinski definition) is 1. The molecule has 0 atom stereocenters. The number of nitrogens with one attached hydrogen (secondary N) is 1. The lowest BCUT2D eigenvalue weighted by molar-refractivity contribution is -0.141. The summed E-state index contributed by atoms with van der Waals surface area (Å²) in [6.07, 6.45) is -1.43. The smallest absolute Gasteiger partial charge is 0.344 e. The van der Waals surface area contributed by atoms with Crippen molar-refractivity contribution in [1.82, 2.24) is 14.9 Å². The number of benzene rings is 1. The molecular weight excluding hydrogens is 363 g/mol. The fourth-order valence-electron chi connectivity index (χ4n) is 3.99. The second-order valence-corrected chi connectivity index (χ2v) is 7.73. The number of fused-ring (bicyclic) bond motifs is 3. The van der Waals surface area contributed by atoms with Crippen molar-refractivity contribution in [3.05, 3.63) is 64.6 Å². The maximum absolute atomic E-state index is 12.7. The lowest BCUT2D eigenvalue weighted by Gasteiger charge is -2.17. The zero-order valence-corrected chi connectivity index (χ0v) is 16.1. The molecule has 148 valence electrons. The first-order valence-electron chi connectivity index (χ1n) is 9.71. The number of rotatable bonds is 4. The van der Waals surface area contributed by atoms with E-state index in [4.69, 9.17) is 0 Å². The average Bonchev–Trinajstić information content (AvgIpc) is 2.99. The van der Waals surface area contributed by atoms with Crippen molar-refractivity contribution in [1.29, 1.82) is 0 Å². The van der Waals surface area contributed by atoms with Gasteiger partial charge in [0.15, 0.2) is 0 Å². The Kier molecular flexibility index (Phi) is 4.91. The van der Waals surface area contributed by atoms with Gasteiger partial charge >= 0.3 is 6.18 Å². The van der Waals surface area contributed by atoms with E-state index in [1.165, 1.54) is 40.0 Å². The largest absolute Gasteiger partial charge is 0.433 e. The zero-order chi connectivity index (χ0) is 19.9. The summed E-state index contributed by atoms with van der Waals surface area (Å²) in [5.74, 6) is 0.471. The number of hydrogen-bond acceptors (Lipinski definition) is 2. The van der Waals surface area contributed by atoms with Crippen LogP contribution in [0.25, 0.3) is 10.9 Å². The van der Waals surface area contributed by atoms with Gasteiger partial charge in [-0.25, -0.2) is 0 Å². The summed E-state index contributed by atoms with van der Waals surface area (Å²) in [5.41, 5.74) is 5.20. The normalized spacial score (nSPS) is 14.6. The second kappa shape index (κ2) is 7.24. The lowest BCUT2D eigenvalue weighted by atomic mass is 9.99. The Balaban J connectivity index is 1.65. The van der Waals surface area contributed by atoms with Gasteiger partial charge in [-0.05, 0) is 47.2 Å². The van der Waals surface area contributed by atoms with E-state index in [0.717, 1.165) is 37.7 Å². The van der Waals surface area contributed by atoms with Crippen LogP contribution in [0.5, 0.6) is 0 Å². The lowest BCUT2D eigenvalue weighted by Crippen LogP contribution is -2.24. The highest BCUT2D eigenvalue weighted by atomic mass is 19.4. The van der Waals surface area contributed by atoms with E-state index in [-0.39, 0.29) is 0 Å². The summed E-state index contributed by atoms with van der Waals surface area (Å²) >= 11 is 0. The molecule has 0 spiro atoms. The average molecular weight is 387 g/mol. The Morgan fingerprint density at radius 1 is 1.18 bits per heavy atom. The molecule has 0 bridgehead atoms. The first-order chi connectivity index (χ1) is 13.3. The summed E-state index contributed by atoms with van der Waals surface area (Å²) in [6, 6.07) is 9.27. The molecule has 3 aromatic rings. The predicted octanol–water partition coefficient (Wildman–Crippen LogP) is 5.07. The van der Waals surface area contributed by atoms with Gasteiger partial charge in [0.1, 0.15) is 5.69 Å². The molecule has 3 nitrogen and oxygen atoms in total. The van der Waals surface area contributed by atoms with Crippen LogP contribution in [0.15, 0.2) is 36.5 Å². The molecule has 0 saturated carbocycles. The quantitative estimate of drug-likeness (QED) is 0.678. The van der Waals surface area contributed by atoms with Gasteiger partial charge in [-0.15, -0.1) is 0 Å². The maximum Gasteiger partial charge on any atom is 0.433 e. The highest BCUT2D eigenvalue weighted by Crippen LogP contribution is 2.32. The van der Waals surface area contributed by atoms with Gasteiger partial charge in [-0.2, -0.15) is 13.2 Å². The third kappa shape index (κ3) is 3.53. The van der Waals surface area contributed by atoms with Crippen molar-refractivity contribution in [2.75, 3.05) is 6.54 Å². The number of aryl methyl sites for hydroxylation is 2. The Morgan fingerprint density at radius 3 is 2.68 bits per heavy atom. The van der Waals surface area contributed by atoms with Crippen LogP contribution in [0.1, 0.15) is 47.8 Å². The summed E-state index contributed by atoms with van der Waals surface area (Å²) < 4.78 is 40.5. The summed E-state index contributed by atoms with van der Waals surface area (Å²) in [7, 11) is 0. The number of nitrogens with zero attached hydrogens (tertiary/aromatic N) is 2. The maximum atomic E-state index is 12.7. The molecule has 1 aliphatic rings. The van der Waals surface area contributed by atoms with Gasteiger partial charge in [0, 0.05) is 48.8 Å². The molecule has 0 amide bonds. The number of pyridine rings is 1. The van der Waals surface area contributed by atoms with Crippen molar-refractivity contribution in [2.24, 2.45) is 0 Å². The molecule has 1 aromatic carbocycles. The molecule has 3 heterocycles. The first-order valence-corrected chi connectivity index (χ1v) is 9.71. The molecule has 0 aliphatic carbocycles. The highest BCUT2D eigenvalue weighted by molar-refractivity contribution is 5.86. The molecule has 0 fully saturated rings. The third-order valence-electron chi connectivity index (χ3n) is 5.56. The molecule has 1 aliphatic heterocycles. The Bertz CT molecular complexity index is 985. The Labute approximate surface area is 162 Å². The van der Waals surface area contributed by atoms with Crippen LogP contribution in [0.4, 0.5) is 13.2 Å². The van der Waals surface area contributed by atoms with E-state index >= 15 is 0 Å². The SMILES string of the molecule is CC(C)c1ccc2c(c1)c1c(n2CCc2ccc(C(F)(F)F)nc2)CCNC1. The van der Waals surface area contributed by atoms with E-state index in [1.807, 2.05) is 0 Å². The third-order valence-corrected chi connectivity index (χ3v) is 5.56.